The van der Waals surface area contributed by atoms with Gasteiger partial charge in [0.15, 0.2) is 0 Å². The summed E-state index contributed by atoms with van der Waals surface area (Å²) in [4.78, 5) is 26.8. The molecule has 3 amide bonds. The summed E-state index contributed by atoms with van der Waals surface area (Å²) in [6.45, 7) is 3.31. The number of likely N-dealkylation sites (tertiary alicyclic amines) is 1. The first-order chi connectivity index (χ1) is 13.5. The lowest BCUT2D eigenvalue weighted by Crippen LogP contribution is -2.39. The predicted octanol–water partition coefficient (Wildman–Crippen LogP) is 3.56. The molecule has 0 radical (unpaired) electrons. The lowest BCUT2D eigenvalue weighted by atomic mass is 10.0. The van der Waals surface area contributed by atoms with Crippen molar-refractivity contribution in [2.24, 2.45) is 0 Å². The van der Waals surface area contributed by atoms with Gasteiger partial charge in [-0.1, -0.05) is 36.4 Å². The quantitative estimate of drug-likeness (QED) is 0.741. The van der Waals surface area contributed by atoms with E-state index >= 15 is 0 Å². The average molecular weight is 381 g/mol. The van der Waals surface area contributed by atoms with E-state index < -0.39 is 18.2 Å². The van der Waals surface area contributed by atoms with Crippen LogP contribution in [0.25, 0.3) is 0 Å². The molecule has 1 fully saturated rings. The van der Waals surface area contributed by atoms with Crippen molar-refractivity contribution < 1.29 is 14.7 Å². The summed E-state index contributed by atoms with van der Waals surface area (Å²) in [5, 5.41) is 15.9. The highest BCUT2D eigenvalue weighted by molar-refractivity contribution is 5.97. The first kappa shape index (κ1) is 19.9. The summed E-state index contributed by atoms with van der Waals surface area (Å²) in [6, 6.07) is 15.3. The first-order valence-corrected chi connectivity index (χ1v) is 9.74. The third-order valence-electron chi connectivity index (χ3n) is 4.98. The van der Waals surface area contributed by atoms with Crippen molar-refractivity contribution >= 4 is 17.6 Å². The fourth-order valence-corrected chi connectivity index (χ4v) is 3.40. The molecule has 2 atom stereocenters. The molecule has 1 aliphatic heterocycles. The Kier molecular flexibility index (Phi) is 6.66. The molecule has 3 N–H and O–H groups in total. The van der Waals surface area contributed by atoms with Crippen LogP contribution in [0.1, 0.15) is 48.2 Å². The van der Waals surface area contributed by atoms with Crippen molar-refractivity contribution in [2.45, 2.75) is 38.3 Å². The summed E-state index contributed by atoms with van der Waals surface area (Å²) in [5.74, 6) is -0.00312. The standard InChI is InChI=1S/C22H27N3O3/c1-16(20(26)17-9-4-2-5-10-17)23-22(28)24-19-12-8-11-18(15-19)21(27)25-13-6-3-7-14-25/h2,4-5,8-12,15-16,20,26H,3,6-7,13-14H2,1H3,(H2,23,24,28)/t16-,20-/m0/s1. The topological polar surface area (TPSA) is 81.7 Å². The number of hydrogen-bond donors (Lipinski definition) is 3. The number of carbonyl (C=O) groups is 2. The van der Waals surface area contributed by atoms with Gasteiger partial charge in [-0.2, -0.15) is 0 Å². The van der Waals surface area contributed by atoms with Gasteiger partial charge in [0.05, 0.1) is 12.1 Å². The summed E-state index contributed by atoms with van der Waals surface area (Å²) >= 11 is 0. The van der Waals surface area contributed by atoms with Crippen molar-refractivity contribution in [3.8, 4) is 0 Å². The number of amides is 3. The van der Waals surface area contributed by atoms with E-state index in [1.165, 1.54) is 6.42 Å². The molecule has 0 saturated carbocycles. The van der Waals surface area contributed by atoms with Crippen molar-refractivity contribution in [3.05, 3.63) is 65.7 Å². The molecule has 1 saturated heterocycles. The Morgan fingerprint density at radius 3 is 2.43 bits per heavy atom. The van der Waals surface area contributed by atoms with Crippen LogP contribution >= 0.6 is 0 Å². The second kappa shape index (κ2) is 9.37. The average Bonchev–Trinajstić information content (AvgIpc) is 2.74. The van der Waals surface area contributed by atoms with Crippen LogP contribution in [0.2, 0.25) is 0 Å². The molecule has 0 bridgehead atoms. The molecular formula is C22H27N3O3. The highest BCUT2D eigenvalue weighted by Gasteiger charge is 2.20. The molecule has 0 aromatic heterocycles. The molecule has 28 heavy (non-hydrogen) atoms. The number of aliphatic hydroxyl groups excluding tert-OH is 1. The lowest BCUT2D eigenvalue weighted by molar-refractivity contribution is 0.0724. The second-order valence-corrected chi connectivity index (χ2v) is 7.18. The molecule has 0 spiro atoms. The number of nitrogens with zero attached hydrogens (tertiary/aromatic N) is 1. The van der Waals surface area contributed by atoms with Crippen LogP contribution in [0.15, 0.2) is 54.6 Å². The maximum atomic E-state index is 12.6. The summed E-state index contributed by atoms with van der Waals surface area (Å²) < 4.78 is 0. The van der Waals surface area contributed by atoms with Crippen molar-refractivity contribution in [3.63, 3.8) is 0 Å². The highest BCUT2D eigenvalue weighted by atomic mass is 16.3. The van der Waals surface area contributed by atoms with E-state index in [4.69, 9.17) is 0 Å². The fraction of sp³-hybridized carbons (Fsp3) is 0.364. The Morgan fingerprint density at radius 1 is 1.00 bits per heavy atom. The molecule has 6 nitrogen and oxygen atoms in total. The van der Waals surface area contributed by atoms with Gasteiger partial charge >= 0.3 is 6.03 Å². The summed E-state index contributed by atoms with van der Waals surface area (Å²) in [7, 11) is 0. The van der Waals surface area contributed by atoms with Crippen LogP contribution in [0.5, 0.6) is 0 Å². The number of nitrogens with one attached hydrogen (secondary N) is 2. The van der Waals surface area contributed by atoms with Gasteiger partial charge < -0.3 is 20.6 Å². The number of rotatable bonds is 5. The van der Waals surface area contributed by atoms with E-state index in [1.807, 2.05) is 35.2 Å². The zero-order valence-corrected chi connectivity index (χ0v) is 16.1. The number of aliphatic hydroxyl groups is 1. The molecular weight excluding hydrogens is 354 g/mol. The van der Waals surface area contributed by atoms with Gasteiger partial charge in [0, 0.05) is 24.3 Å². The Bertz CT molecular complexity index is 804. The van der Waals surface area contributed by atoms with Gasteiger partial charge in [-0.3, -0.25) is 4.79 Å². The Balaban J connectivity index is 1.58. The molecule has 0 aliphatic carbocycles. The summed E-state index contributed by atoms with van der Waals surface area (Å²) in [5.41, 5.74) is 1.85. The summed E-state index contributed by atoms with van der Waals surface area (Å²) in [6.07, 6.45) is 2.43. The van der Waals surface area contributed by atoms with Gasteiger partial charge in [0.25, 0.3) is 5.91 Å². The smallest absolute Gasteiger partial charge is 0.319 e. The zero-order chi connectivity index (χ0) is 19.9. The van der Waals surface area contributed by atoms with Crippen LogP contribution in [0.4, 0.5) is 10.5 Å². The van der Waals surface area contributed by atoms with E-state index in [0.29, 0.717) is 11.3 Å². The first-order valence-electron chi connectivity index (χ1n) is 9.74. The van der Waals surface area contributed by atoms with Crippen molar-refractivity contribution in [1.29, 1.82) is 0 Å². The minimum Gasteiger partial charge on any atom is -0.386 e. The third kappa shape index (κ3) is 5.10. The van der Waals surface area contributed by atoms with E-state index in [0.717, 1.165) is 31.5 Å². The van der Waals surface area contributed by atoms with E-state index in [9.17, 15) is 14.7 Å². The van der Waals surface area contributed by atoms with Crippen LogP contribution < -0.4 is 10.6 Å². The molecule has 0 unspecified atom stereocenters. The van der Waals surface area contributed by atoms with E-state index in [1.54, 1.807) is 31.2 Å². The van der Waals surface area contributed by atoms with Crippen molar-refractivity contribution in [2.75, 3.05) is 18.4 Å². The Morgan fingerprint density at radius 2 is 1.71 bits per heavy atom. The van der Waals surface area contributed by atoms with Crippen LogP contribution in [0, 0.1) is 0 Å². The molecule has 2 aromatic carbocycles. The molecule has 1 heterocycles. The predicted molar refractivity (Wildman–Crippen MR) is 109 cm³/mol. The third-order valence-corrected chi connectivity index (χ3v) is 4.98. The second-order valence-electron chi connectivity index (χ2n) is 7.18. The van der Waals surface area contributed by atoms with Crippen LogP contribution in [0.3, 0.4) is 0 Å². The van der Waals surface area contributed by atoms with E-state index in [2.05, 4.69) is 10.6 Å². The fourth-order valence-electron chi connectivity index (χ4n) is 3.40. The molecule has 6 heteroatoms. The number of anilines is 1. The maximum Gasteiger partial charge on any atom is 0.319 e. The van der Waals surface area contributed by atoms with Gasteiger partial charge in [0.2, 0.25) is 0 Å². The van der Waals surface area contributed by atoms with Crippen LogP contribution in [-0.2, 0) is 0 Å². The van der Waals surface area contributed by atoms with Gasteiger partial charge in [-0.25, -0.2) is 4.79 Å². The maximum absolute atomic E-state index is 12.6. The van der Waals surface area contributed by atoms with Gasteiger partial charge in [-0.15, -0.1) is 0 Å². The molecule has 1 aliphatic rings. The lowest BCUT2D eigenvalue weighted by Gasteiger charge is -2.27. The number of urea groups is 1. The minimum atomic E-state index is -0.807. The van der Waals surface area contributed by atoms with E-state index in [-0.39, 0.29) is 5.91 Å². The minimum absolute atomic E-state index is 0.00312. The largest absolute Gasteiger partial charge is 0.386 e. The molecule has 2 aromatic rings. The normalized spacial score (nSPS) is 16.1. The van der Waals surface area contributed by atoms with Gasteiger partial charge in [-0.05, 0) is 49.9 Å². The number of hydrogen-bond acceptors (Lipinski definition) is 3. The Hall–Kier alpha value is -2.86. The Labute approximate surface area is 165 Å². The highest BCUT2D eigenvalue weighted by Crippen LogP contribution is 2.18. The number of piperidine rings is 1. The zero-order valence-electron chi connectivity index (χ0n) is 16.1. The van der Waals surface area contributed by atoms with Crippen molar-refractivity contribution in [1.82, 2.24) is 10.2 Å². The number of carbonyl (C=O) groups excluding carboxylic acids is 2. The molecule has 3 rings (SSSR count). The van der Waals surface area contributed by atoms with Gasteiger partial charge in [0.1, 0.15) is 0 Å². The monoisotopic (exact) mass is 381 g/mol. The number of benzene rings is 2. The SMILES string of the molecule is C[C@H](NC(=O)Nc1cccc(C(=O)N2CCCCC2)c1)[C@H](O)c1ccccc1. The molecule has 148 valence electrons. The van der Waals surface area contributed by atoms with Crippen LogP contribution in [-0.4, -0.2) is 41.1 Å².